The van der Waals surface area contributed by atoms with Gasteiger partial charge in [-0.15, -0.1) is 11.3 Å². The molecule has 2 unspecified atom stereocenters. The summed E-state index contributed by atoms with van der Waals surface area (Å²) < 4.78 is 0. The summed E-state index contributed by atoms with van der Waals surface area (Å²) in [4.78, 5) is 23.5. The van der Waals surface area contributed by atoms with Gasteiger partial charge >= 0.3 is 5.97 Å². The Morgan fingerprint density at radius 2 is 2.24 bits per heavy atom. The summed E-state index contributed by atoms with van der Waals surface area (Å²) >= 11 is 1.37. The zero-order valence-corrected chi connectivity index (χ0v) is 10.8. The quantitative estimate of drug-likeness (QED) is 0.819. The van der Waals surface area contributed by atoms with Crippen LogP contribution < -0.4 is 5.32 Å². The second-order valence-corrected chi connectivity index (χ2v) is 4.97. The van der Waals surface area contributed by atoms with Crippen LogP contribution in [0.5, 0.6) is 0 Å². The lowest BCUT2D eigenvalue weighted by Gasteiger charge is -2.14. The Hall–Kier alpha value is -1.36. The molecule has 1 rings (SSSR count). The highest BCUT2D eigenvalue weighted by atomic mass is 32.1. The monoisotopic (exact) mass is 255 g/mol. The van der Waals surface area contributed by atoms with Gasteiger partial charge in [0.15, 0.2) is 0 Å². The van der Waals surface area contributed by atoms with E-state index in [-0.39, 0.29) is 18.4 Å². The Bertz CT molecular complexity index is 375. The molecule has 1 heterocycles. The van der Waals surface area contributed by atoms with E-state index in [0.29, 0.717) is 0 Å². The zero-order valence-electron chi connectivity index (χ0n) is 9.97. The smallest absolute Gasteiger partial charge is 0.312 e. The minimum Gasteiger partial charge on any atom is -0.481 e. The molecule has 0 spiro atoms. The third-order valence-corrected chi connectivity index (χ3v) is 3.58. The van der Waals surface area contributed by atoms with E-state index in [0.717, 1.165) is 11.3 Å². The summed E-state index contributed by atoms with van der Waals surface area (Å²) in [7, 11) is 0. The summed E-state index contributed by atoms with van der Waals surface area (Å²) in [5.74, 6) is -1.90. The Morgan fingerprint density at radius 3 is 2.71 bits per heavy atom. The number of carboxylic acid groups (broad SMARTS) is 1. The van der Waals surface area contributed by atoms with Crippen molar-refractivity contribution in [1.82, 2.24) is 5.32 Å². The first-order valence-electron chi connectivity index (χ1n) is 5.60. The predicted molar refractivity (Wildman–Crippen MR) is 67.2 cm³/mol. The van der Waals surface area contributed by atoms with E-state index >= 15 is 0 Å². The summed E-state index contributed by atoms with van der Waals surface area (Å²) in [6, 6.07) is 3.63. The first-order chi connectivity index (χ1) is 8.04. The number of rotatable bonds is 6. The van der Waals surface area contributed by atoms with Gasteiger partial charge in [0.05, 0.1) is 5.92 Å². The fraction of sp³-hybridized carbons (Fsp3) is 0.500. The van der Waals surface area contributed by atoms with Gasteiger partial charge < -0.3 is 10.4 Å². The van der Waals surface area contributed by atoms with Gasteiger partial charge in [-0.25, -0.2) is 0 Å². The second-order valence-electron chi connectivity index (χ2n) is 3.99. The zero-order chi connectivity index (χ0) is 12.8. The van der Waals surface area contributed by atoms with Crippen molar-refractivity contribution in [1.29, 1.82) is 0 Å². The fourth-order valence-electron chi connectivity index (χ4n) is 1.42. The Balaban J connectivity index is 2.62. The Kier molecular flexibility index (Phi) is 5.15. The Labute approximate surface area is 105 Å². The molecule has 17 heavy (non-hydrogen) atoms. The fourth-order valence-corrected chi connectivity index (χ4v) is 2.24. The molecule has 1 aromatic rings. The van der Waals surface area contributed by atoms with Crippen LogP contribution in [0.1, 0.15) is 37.5 Å². The van der Waals surface area contributed by atoms with Gasteiger partial charge in [-0.05, 0) is 24.8 Å². The number of carbonyl (C=O) groups is 2. The van der Waals surface area contributed by atoms with Gasteiger partial charge in [0, 0.05) is 17.3 Å². The highest BCUT2D eigenvalue weighted by molar-refractivity contribution is 7.10. The van der Waals surface area contributed by atoms with E-state index in [4.69, 9.17) is 5.11 Å². The van der Waals surface area contributed by atoms with E-state index in [1.165, 1.54) is 11.3 Å². The van der Waals surface area contributed by atoms with E-state index in [1.54, 1.807) is 12.1 Å². The van der Waals surface area contributed by atoms with Crippen molar-refractivity contribution in [2.24, 2.45) is 0 Å². The van der Waals surface area contributed by atoms with Crippen LogP contribution in [0.25, 0.3) is 0 Å². The van der Waals surface area contributed by atoms with Gasteiger partial charge in [0.25, 0.3) is 0 Å². The maximum absolute atomic E-state index is 11.7. The highest BCUT2D eigenvalue weighted by Crippen LogP contribution is 2.24. The van der Waals surface area contributed by atoms with Crippen molar-refractivity contribution < 1.29 is 14.7 Å². The molecule has 1 aromatic heterocycles. The number of hydrogen-bond donors (Lipinski definition) is 2. The molecule has 0 fully saturated rings. The first-order valence-corrected chi connectivity index (χ1v) is 6.48. The minimum atomic E-state index is -0.952. The number of aliphatic carboxylic acids is 1. The Morgan fingerprint density at radius 1 is 1.53 bits per heavy atom. The van der Waals surface area contributed by atoms with Gasteiger partial charge in [-0.2, -0.15) is 0 Å². The molecule has 0 aliphatic heterocycles. The van der Waals surface area contributed by atoms with Crippen LogP contribution in [-0.2, 0) is 9.59 Å². The largest absolute Gasteiger partial charge is 0.481 e. The van der Waals surface area contributed by atoms with E-state index in [1.807, 2.05) is 19.2 Å². The van der Waals surface area contributed by atoms with Crippen molar-refractivity contribution in [3.63, 3.8) is 0 Å². The van der Waals surface area contributed by atoms with Crippen LogP contribution in [0.15, 0.2) is 17.5 Å². The molecule has 94 valence electrons. The van der Waals surface area contributed by atoms with Crippen LogP contribution in [0.4, 0.5) is 0 Å². The van der Waals surface area contributed by atoms with Crippen molar-refractivity contribution in [2.75, 3.05) is 0 Å². The van der Waals surface area contributed by atoms with Gasteiger partial charge in [0.1, 0.15) is 0 Å². The summed E-state index contributed by atoms with van der Waals surface area (Å²) in [6.45, 7) is 3.87. The van der Waals surface area contributed by atoms with Crippen molar-refractivity contribution in [3.8, 4) is 0 Å². The molecule has 0 saturated heterocycles. The second kappa shape index (κ2) is 6.39. The lowest BCUT2D eigenvalue weighted by Crippen LogP contribution is -2.33. The summed E-state index contributed by atoms with van der Waals surface area (Å²) in [6.07, 6.45) is 0.836. The predicted octanol–water partition coefficient (Wildman–Crippen LogP) is 2.22. The lowest BCUT2D eigenvalue weighted by molar-refractivity contribution is -0.140. The van der Waals surface area contributed by atoms with Crippen LogP contribution in [-0.4, -0.2) is 23.0 Å². The molecule has 5 heteroatoms. The molecule has 0 aliphatic rings. The van der Waals surface area contributed by atoms with Crippen LogP contribution in [0.2, 0.25) is 0 Å². The molecule has 2 N–H and O–H groups in total. The van der Waals surface area contributed by atoms with Gasteiger partial charge in [0.2, 0.25) is 5.91 Å². The number of nitrogens with one attached hydrogen (secondary N) is 1. The topological polar surface area (TPSA) is 66.4 Å². The SMILES string of the molecule is CCC(C)NC(=O)CC(C(=O)O)c1cccs1. The third-order valence-electron chi connectivity index (χ3n) is 2.59. The summed E-state index contributed by atoms with van der Waals surface area (Å²) in [5, 5.41) is 13.7. The van der Waals surface area contributed by atoms with Crippen molar-refractivity contribution in [2.45, 2.75) is 38.6 Å². The number of thiophene rings is 1. The molecular weight excluding hydrogens is 238 g/mol. The van der Waals surface area contributed by atoms with Gasteiger partial charge in [-0.3, -0.25) is 9.59 Å². The number of carbonyl (C=O) groups excluding carboxylic acids is 1. The van der Waals surface area contributed by atoms with Crippen molar-refractivity contribution >= 4 is 23.2 Å². The number of hydrogen-bond acceptors (Lipinski definition) is 3. The standard InChI is InChI=1S/C12H17NO3S/c1-3-8(2)13-11(14)7-9(12(15)16)10-5-4-6-17-10/h4-6,8-9H,3,7H2,1-2H3,(H,13,14)(H,15,16). The van der Waals surface area contributed by atoms with E-state index in [9.17, 15) is 9.59 Å². The van der Waals surface area contributed by atoms with E-state index in [2.05, 4.69) is 5.32 Å². The molecule has 0 saturated carbocycles. The molecule has 2 atom stereocenters. The molecule has 0 aliphatic carbocycles. The van der Waals surface area contributed by atoms with Crippen LogP contribution >= 0.6 is 11.3 Å². The molecular formula is C12H17NO3S. The van der Waals surface area contributed by atoms with E-state index < -0.39 is 11.9 Å². The normalized spacial score (nSPS) is 14.0. The van der Waals surface area contributed by atoms with Gasteiger partial charge in [-0.1, -0.05) is 13.0 Å². The molecule has 1 amide bonds. The first kappa shape index (κ1) is 13.7. The molecule has 0 radical (unpaired) electrons. The molecule has 4 nitrogen and oxygen atoms in total. The van der Waals surface area contributed by atoms with Crippen LogP contribution in [0.3, 0.4) is 0 Å². The van der Waals surface area contributed by atoms with Crippen molar-refractivity contribution in [3.05, 3.63) is 22.4 Å². The highest BCUT2D eigenvalue weighted by Gasteiger charge is 2.24. The molecule has 0 aromatic carbocycles. The summed E-state index contributed by atoms with van der Waals surface area (Å²) in [5.41, 5.74) is 0. The van der Waals surface area contributed by atoms with Crippen LogP contribution in [0, 0.1) is 0 Å². The number of amides is 1. The minimum absolute atomic E-state index is 0.000185. The third kappa shape index (κ3) is 4.19. The average molecular weight is 255 g/mol. The maximum Gasteiger partial charge on any atom is 0.312 e. The molecule has 0 bridgehead atoms. The lowest BCUT2D eigenvalue weighted by atomic mass is 10.0. The number of carboxylic acids is 1. The average Bonchev–Trinajstić information content (AvgIpc) is 2.78. The maximum atomic E-state index is 11.7.